The van der Waals surface area contributed by atoms with Crippen molar-refractivity contribution < 1.29 is 13.2 Å². The lowest BCUT2D eigenvalue weighted by molar-refractivity contribution is 0.368. The molecule has 0 saturated heterocycles. The first kappa shape index (κ1) is 21.3. The number of benzene rings is 1. The molecule has 1 aromatic carbocycles. The SMILES string of the molecule is [C-]#[N+]c1ccc(/C(F)=C/c2ccc(F)c([C@@]3(C)N=C(N)S[C@@]4(c5ncc(C)o5)C[C@@H]34)c2)nc1. The number of hydrogen-bond acceptors (Lipinski definition) is 6. The molecule has 0 spiro atoms. The highest BCUT2D eigenvalue weighted by Crippen LogP contribution is 2.71. The Labute approximate surface area is 193 Å². The second kappa shape index (κ2) is 7.52. The second-order valence-corrected chi connectivity index (χ2v) is 9.72. The number of thioether (sulfide) groups is 1. The minimum Gasteiger partial charge on any atom is -0.444 e. The summed E-state index contributed by atoms with van der Waals surface area (Å²) in [5.74, 6) is 0.146. The van der Waals surface area contributed by atoms with Gasteiger partial charge in [-0.2, -0.15) is 0 Å². The maximum absolute atomic E-state index is 15.1. The standard InChI is InChI=1S/C24H19F2N5OS/c1-13-11-30-21(32-13)24-10-20(24)23(2,31-22(27)33-24)16-8-14(4-6-17(16)25)9-18(26)19-7-5-15(28-3)12-29-19/h4-9,11-12,20H,10H2,1-2H3,(H2,27,31)/b18-9-/t20-,23+,24-/m0/s1. The number of oxazole rings is 1. The van der Waals surface area contributed by atoms with Crippen molar-refractivity contribution >= 4 is 34.5 Å². The summed E-state index contributed by atoms with van der Waals surface area (Å²) >= 11 is 1.39. The van der Waals surface area contributed by atoms with Crippen molar-refractivity contribution in [2.75, 3.05) is 0 Å². The van der Waals surface area contributed by atoms with E-state index in [0.29, 0.717) is 40.1 Å². The molecule has 166 valence electrons. The highest BCUT2D eigenvalue weighted by atomic mass is 32.2. The predicted molar refractivity (Wildman–Crippen MR) is 123 cm³/mol. The molecule has 3 heterocycles. The molecule has 0 unspecified atom stereocenters. The molecule has 3 aromatic rings. The van der Waals surface area contributed by atoms with Crippen LogP contribution < -0.4 is 5.73 Å². The molecule has 0 bridgehead atoms. The van der Waals surface area contributed by atoms with Crippen LogP contribution in [0.4, 0.5) is 14.5 Å². The molecular weight excluding hydrogens is 444 g/mol. The Morgan fingerprint density at radius 1 is 1.30 bits per heavy atom. The Balaban J connectivity index is 1.52. The second-order valence-electron chi connectivity index (χ2n) is 8.37. The van der Waals surface area contributed by atoms with Crippen LogP contribution >= 0.6 is 11.8 Å². The van der Waals surface area contributed by atoms with Gasteiger partial charge in [-0.3, -0.25) is 9.98 Å². The average molecular weight is 464 g/mol. The van der Waals surface area contributed by atoms with Gasteiger partial charge in [0.15, 0.2) is 5.17 Å². The van der Waals surface area contributed by atoms with Gasteiger partial charge in [0.1, 0.15) is 22.2 Å². The van der Waals surface area contributed by atoms with E-state index in [4.69, 9.17) is 16.7 Å². The van der Waals surface area contributed by atoms with E-state index >= 15 is 4.39 Å². The maximum atomic E-state index is 15.1. The molecule has 6 nitrogen and oxygen atoms in total. The molecule has 2 aliphatic rings. The number of rotatable bonds is 4. The van der Waals surface area contributed by atoms with Crippen LogP contribution in [0.5, 0.6) is 0 Å². The van der Waals surface area contributed by atoms with Crippen molar-refractivity contribution in [3.8, 4) is 0 Å². The van der Waals surface area contributed by atoms with E-state index in [1.54, 1.807) is 12.3 Å². The molecular formula is C24H19F2N5OS. The van der Waals surface area contributed by atoms with Crippen LogP contribution in [0.1, 0.15) is 41.8 Å². The Kier molecular flexibility index (Phi) is 4.87. The largest absolute Gasteiger partial charge is 0.444 e. The minimum atomic E-state index is -0.961. The molecule has 1 saturated carbocycles. The van der Waals surface area contributed by atoms with Gasteiger partial charge < -0.3 is 10.2 Å². The van der Waals surface area contributed by atoms with E-state index in [9.17, 15) is 4.39 Å². The number of fused-ring (bicyclic) bond motifs is 1. The van der Waals surface area contributed by atoms with Crippen LogP contribution in [-0.2, 0) is 10.3 Å². The molecule has 33 heavy (non-hydrogen) atoms. The van der Waals surface area contributed by atoms with Gasteiger partial charge in [0.2, 0.25) is 11.6 Å². The molecule has 1 fully saturated rings. The summed E-state index contributed by atoms with van der Waals surface area (Å²) < 4.78 is 35.2. The fourth-order valence-corrected chi connectivity index (χ4v) is 5.85. The van der Waals surface area contributed by atoms with Crippen LogP contribution in [0.2, 0.25) is 0 Å². The lowest BCUT2D eigenvalue weighted by Gasteiger charge is -2.33. The Hall–Kier alpha value is -3.51. The van der Waals surface area contributed by atoms with Crippen LogP contribution in [0, 0.1) is 25.2 Å². The molecule has 2 aromatic heterocycles. The van der Waals surface area contributed by atoms with Gasteiger partial charge in [0, 0.05) is 17.7 Å². The highest BCUT2D eigenvalue weighted by molar-refractivity contribution is 8.14. The van der Waals surface area contributed by atoms with Crippen molar-refractivity contribution in [2.45, 2.75) is 30.6 Å². The first-order chi connectivity index (χ1) is 15.7. The van der Waals surface area contributed by atoms with Crippen molar-refractivity contribution in [2.24, 2.45) is 16.6 Å². The van der Waals surface area contributed by atoms with E-state index in [0.717, 1.165) is 0 Å². The summed E-state index contributed by atoms with van der Waals surface area (Å²) in [4.78, 5) is 16.3. The summed E-state index contributed by atoms with van der Waals surface area (Å²) in [6.45, 7) is 10.6. The quantitative estimate of drug-likeness (QED) is 0.500. The van der Waals surface area contributed by atoms with Crippen LogP contribution in [0.15, 0.2) is 52.1 Å². The van der Waals surface area contributed by atoms with Gasteiger partial charge in [-0.15, -0.1) is 0 Å². The first-order valence-corrected chi connectivity index (χ1v) is 11.1. The Morgan fingerprint density at radius 3 is 2.79 bits per heavy atom. The molecule has 1 aliphatic heterocycles. The molecule has 1 aliphatic carbocycles. The van der Waals surface area contributed by atoms with Crippen molar-refractivity contribution in [1.29, 1.82) is 0 Å². The minimum absolute atomic E-state index is 0.0817. The molecule has 0 amide bonds. The first-order valence-electron chi connectivity index (χ1n) is 10.2. The van der Waals surface area contributed by atoms with Crippen molar-refractivity contribution in [3.63, 3.8) is 0 Å². The Morgan fingerprint density at radius 2 is 2.12 bits per heavy atom. The number of nitrogens with two attached hydrogens (primary N) is 1. The molecule has 9 heteroatoms. The van der Waals surface area contributed by atoms with E-state index in [1.165, 1.54) is 48.3 Å². The summed E-state index contributed by atoms with van der Waals surface area (Å²) in [7, 11) is 0. The summed E-state index contributed by atoms with van der Waals surface area (Å²) in [5, 5.41) is 0.331. The van der Waals surface area contributed by atoms with Gasteiger partial charge >= 0.3 is 0 Å². The third-order valence-electron chi connectivity index (χ3n) is 6.15. The molecule has 2 N–H and O–H groups in total. The maximum Gasteiger partial charge on any atom is 0.211 e. The zero-order valence-electron chi connectivity index (χ0n) is 17.8. The summed E-state index contributed by atoms with van der Waals surface area (Å²) in [6.07, 6.45) is 4.94. The van der Waals surface area contributed by atoms with Gasteiger partial charge in [-0.05, 0) is 50.1 Å². The number of aromatic nitrogens is 2. The van der Waals surface area contributed by atoms with E-state index in [1.807, 2.05) is 13.8 Å². The zero-order chi connectivity index (χ0) is 23.4. The molecule has 5 rings (SSSR count). The third kappa shape index (κ3) is 3.51. The van der Waals surface area contributed by atoms with Crippen molar-refractivity contribution in [1.82, 2.24) is 9.97 Å². The van der Waals surface area contributed by atoms with E-state index in [2.05, 4.69) is 19.8 Å². The van der Waals surface area contributed by atoms with E-state index in [-0.39, 0.29) is 11.6 Å². The van der Waals surface area contributed by atoms with Gasteiger partial charge in [-0.1, -0.05) is 23.9 Å². The van der Waals surface area contributed by atoms with Gasteiger partial charge in [0.05, 0.1) is 24.0 Å². The fourth-order valence-electron chi connectivity index (χ4n) is 4.44. The van der Waals surface area contributed by atoms with Crippen LogP contribution in [0.3, 0.4) is 0 Å². The summed E-state index contributed by atoms with van der Waals surface area (Å²) in [5.41, 5.74) is 6.43. The van der Waals surface area contributed by atoms with Crippen molar-refractivity contribution in [3.05, 3.63) is 88.4 Å². The monoisotopic (exact) mass is 463 g/mol. The van der Waals surface area contributed by atoms with Gasteiger partial charge in [-0.25, -0.2) is 18.6 Å². The van der Waals surface area contributed by atoms with Gasteiger partial charge in [0.25, 0.3) is 0 Å². The summed E-state index contributed by atoms with van der Waals surface area (Å²) in [6, 6.07) is 7.33. The number of nitrogens with zero attached hydrogens (tertiary/aromatic N) is 4. The number of aliphatic imine (C=N–C) groups is 1. The lowest BCUT2D eigenvalue weighted by Crippen LogP contribution is -2.35. The topological polar surface area (TPSA) is 81.7 Å². The normalized spacial score (nSPS) is 26.3. The predicted octanol–water partition coefficient (Wildman–Crippen LogP) is 5.73. The zero-order valence-corrected chi connectivity index (χ0v) is 18.7. The van der Waals surface area contributed by atoms with Crippen LogP contribution in [-0.4, -0.2) is 15.1 Å². The highest BCUT2D eigenvalue weighted by Gasteiger charge is 2.70. The molecule has 3 atom stereocenters. The third-order valence-corrected chi connectivity index (χ3v) is 7.44. The number of hydrogen-bond donors (Lipinski definition) is 1. The average Bonchev–Trinajstić information content (AvgIpc) is 3.39. The number of pyridine rings is 1. The Bertz CT molecular complexity index is 1360. The molecule has 0 radical (unpaired) electrons. The van der Waals surface area contributed by atoms with Crippen LogP contribution in [0.25, 0.3) is 16.7 Å². The van der Waals surface area contributed by atoms with E-state index < -0.39 is 21.9 Å². The number of amidine groups is 1. The fraction of sp³-hybridized carbons (Fsp3) is 0.250. The number of halogens is 2. The smallest absolute Gasteiger partial charge is 0.211 e. The lowest BCUT2D eigenvalue weighted by atomic mass is 9.84. The number of aryl methyl sites for hydroxylation is 1.